The SMILES string of the molecule is CCC(CC)C(=O)N1CCC(NC(=O)CCOC)CC1. The lowest BCUT2D eigenvalue weighted by molar-refractivity contribution is -0.137. The molecule has 5 heteroatoms. The van der Waals surface area contributed by atoms with Gasteiger partial charge in [-0.2, -0.15) is 0 Å². The molecule has 2 amide bonds. The number of carbonyl (C=O) groups is 2. The topological polar surface area (TPSA) is 58.6 Å². The summed E-state index contributed by atoms with van der Waals surface area (Å²) in [6.07, 6.45) is 3.92. The molecule has 0 saturated carbocycles. The highest BCUT2D eigenvalue weighted by atomic mass is 16.5. The van der Waals surface area contributed by atoms with Gasteiger partial charge in [-0.1, -0.05) is 13.8 Å². The lowest BCUT2D eigenvalue weighted by atomic mass is 9.98. The van der Waals surface area contributed by atoms with Gasteiger partial charge in [-0.15, -0.1) is 0 Å². The van der Waals surface area contributed by atoms with E-state index in [0.29, 0.717) is 13.0 Å². The first-order valence-electron chi connectivity index (χ1n) is 7.69. The normalized spacial score (nSPS) is 16.5. The number of nitrogens with one attached hydrogen (secondary N) is 1. The summed E-state index contributed by atoms with van der Waals surface area (Å²) >= 11 is 0. The van der Waals surface area contributed by atoms with Crippen LogP contribution in [0.1, 0.15) is 46.0 Å². The van der Waals surface area contributed by atoms with E-state index >= 15 is 0 Å². The third kappa shape index (κ3) is 5.12. The van der Waals surface area contributed by atoms with Crippen molar-refractivity contribution in [2.45, 2.75) is 52.0 Å². The fourth-order valence-electron chi connectivity index (χ4n) is 2.63. The van der Waals surface area contributed by atoms with Crippen LogP contribution in [0.2, 0.25) is 0 Å². The average Bonchev–Trinajstić information content (AvgIpc) is 2.47. The van der Waals surface area contributed by atoms with Crippen molar-refractivity contribution in [3.63, 3.8) is 0 Å². The molecule has 0 aromatic rings. The van der Waals surface area contributed by atoms with Gasteiger partial charge in [0.2, 0.25) is 11.8 Å². The molecule has 0 unspecified atom stereocenters. The molecule has 0 spiro atoms. The summed E-state index contributed by atoms with van der Waals surface area (Å²) in [7, 11) is 1.59. The predicted octanol–water partition coefficient (Wildman–Crippen LogP) is 1.57. The number of methoxy groups -OCH3 is 1. The zero-order valence-corrected chi connectivity index (χ0v) is 13.0. The average molecular weight is 284 g/mol. The summed E-state index contributed by atoms with van der Waals surface area (Å²) in [5, 5.41) is 3.01. The monoisotopic (exact) mass is 284 g/mol. The van der Waals surface area contributed by atoms with Crippen molar-refractivity contribution in [3.8, 4) is 0 Å². The molecule has 0 aromatic heterocycles. The van der Waals surface area contributed by atoms with Crippen molar-refractivity contribution in [2.24, 2.45) is 5.92 Å². The van der Waals surface area contributed by atoms with Gasteiger partial charge in [-0.3, -0.25) is 9.59 Å². The number of likely N-dealkylation sites (tertiary alicyclic amines) is 1. The molecule has 1 rings (SSSR count). The number of nitrogens with zero attached hydrogens (tertiary/aromatic N) is 1. The van der Waals surface area contributed by atoms with Gasteiger partial charge in [-0.05, 0) is 25.7 Å². The lowest BCUT2D eigenvalue weighted by Crippen LogP contribution is -2.48. The zero-order chi connectivity index (χ0) is 15.0. The van der Waals surface area contributed by atoms with Gasteiger partial charge in [0.05, 0.1) is 6.61 Å². The van der Waals surface area contributed by atoms with E-state index in [9.17, 15) is 9.59 Å². The third-order valence-corrected chi connectivity index (χ3v) is 4.04. The molecule has 116 valence electrons. The molecule has 1 aliphatic rings. The van der Waals surface area contributed by atoms with Crippen LogP contribution in [0.15, 0.2) is 0 Å². The summed E-state index contributed by atoms with van der Waals surface area (Å²) in [5.74, 6) is 0.471. The molecule has 1 heterocycles. The fourth-order valence-corrected chi connectivity index (χ4v) is 2.63. The van der Waals surface area contributed by atoms with Crippen LogP contribution in [0.5, 0.6) is 0 Å². The molecule has 1 N–H and O–H groups in total. The first kappa shape index (κ1) is 17.0. The van der Waals surface area contributed by atoms with Gasteiger partial charge in [0.25, 0.3) is 0 Å². The maximum Gasteiger partial charge on any atom is 0.225 e. The van der Waals surface area contributed by atoms with E-state index in [1.165, 1.54) is 0 Å². The molecule has 0 atom stereocenters. The van der Waals surface area contributed by atoms with Crippen molar-refractivity contribution in [3.05, 3.63) is 0 Å². The smallest absolute Gasteiger partial charge is 0.225 e. The van der Waals surface area contributed by atoms with E-state index < -0.39 is 0 Å². The zero-order valence-electron chi connectivity index (χ0n) is 13.0. The molecule has 20 heavy (non-hydrogen) atoms. The molecule has 0 aromatic carbocycles. The van der Waals surface area contributed by atoms with E-state index in [0.717, 1.165) is 38.8 Å². The minimum absolute atomic E-state index is 0.0385. The van der Waals surface area contributed by atoms with Crippen LogP contribution in [-0.2, 0) is 14.3 Å². The molecular weight excluding hydrogens is 256 g/mol. The highest BCUT2D eigenvalue weighted by Gasteiger charge is 2.26. The Labute approximate surface area is 122 Å². The van der Waals surface area contributed by atoms with Crippen molar-refractivity contribution < 1.29 is 14.3 Å². The maximum absolute atomic E-state index is 12.3. The molecular formula is C15H28N2O3. The van der Waals surface area contributed by atoms with Crippen LogP contribution in [0, 0.1) is 5.92 Å². The van der Waals surface area contributed by atoms with Crippen molar-refractivity contribution in [2.75, 3.05) is 26.8 Å². The highest BCUT2D eigenvalue weighted by molar-refractivity contribution is 5.79. The van der Waals surface area contributed by atoms with E-state index in [4.69, 9.17) is 4.74 Å². The number of piperidine rings is 1. The van der Waals surface area contributed by atoms with Crippen molar-refractivity contribution in [1.29, 1.82) is 0 Å². The number of hydrogen-bond acceptors (Lipinski definition) is 3. The second-order valence-corrected chi connectivity index (χ2v) is 5.42. The predicted molar refractivity (Wildman–Crippen MR) is 78.3 cm³/mol. The van der Waals surface area contributed by atoms with Crippen molar-refractivity contribution in [1.82, 2.24) is 10.2 Å². The first-order valence-corrected chi connectivity index (χ1v) is 7.69. The Hall–Kier alpha value is -1.10. The molecule has 1 fully saturated rings. The third-order valence-electron chi connectivity index (χ3n) is 4.04. The molecule has 0 bridgehead atoms. The standard InChI is InChI=1S/C15H28N2O3/c1-4-12(5-2)15(19)17-9-6-13(7-10-17)16-14(18)8-11-20-3/h12-13H,4-11H2,1-3H3,(H,16,18). The molecule has 0 aliphatic carbocycles. The highest BCUT2D eigenvalue weighted by Crippen LogP contribution is 2.17. The van der Waals surface area contributed by atoms with Gasteiger partial charge in [-0.25, -0.2) is 0 Å². The largest absolute Gasteiger partial charge is 0.384 e. The maximum atomic E-state index is 12.3. The number of hydrogen-bond donors (Lipinski definition) is 1. The molecule has 1 aliphatic heterocycles. The summed E-state index contributed by atoms with van der Waals surface area (Å²) in [6.45, 7) is 6.09. The Kier molecular flexibility index (Phi) is 7.59. The Morgan fingerprint density at radius 2 is 1.85 bits per heavy atom. The van der Waals surface area contributed by atoms with E-state index in [1.54, 1.807) is 7.11 Å². The van der Waals surface area contributed by atoms with Gasteiger partial charge >= 0.3 is 0 Å². The number of ether oxygens (including phenoxy) is 1. The Morgan fingerprint density at radius 1 is 1.25 bits per heavy atom. The Bertz CT molecular complexity index is 308. The quantitative estimate of drug-likeness (QED) is 0.772. The van der Waals surface area contributed by atoms with Crippen LogP contribution >= 0.6 is 0 Å². The fraction of sp³-hybridized carbons (Fsp3) is 0.867. The van der Waals surface area contributed by atoms with Crippen molar-refractivity contribution >= 4 is 11.8 Å². The minimum Gasteiger partial charge on any atom is -0.384 e. The van der Waals surface area contributed by atoms with Crippen LogP contribution in [-0.4, -0.2) is 49.6 Å². The van der Waals surface area contributed by atoms with Gasteiger partial charge in [0.1, 0.15) is 0 Å². The lowest BCUT2D eigenvalue weighted by Gasteiger charge is -2.34. The number of amides is 2. The van der Waals surface area contributed by atoms with Crippen LogP contribution in [0.25, 0.3) is 0 Å². The summed E-state index contributed by atoms with van der Waals surface area (Å²) in [4.78, 5) is 25.8. The van der Waals surface area contributed by atoms with Gasteiger partial charge < -0.3 is 15.0 Å². The summed E-state index contributed by atoms with van der Waals surface area (Å²) in [6, 6.07) is 0.199. The van der Waals surface area contributed by atoms with E-state index in [1.807, 2.05) is 4.90 Å². The number of rotatable bonds is 7. The second kappa shape index (κ2) is 8.95. The van der Waals surface area contributed by atoms with Crippen LogP contribution in [0.4, 0.5) is 0 Å². The van der Waals surface area contributed by atoms with E-state index in [-0.39, 0.29) is 23.8 Å². The first-order chi connectivity index (χ1) is 9.62. The molecule has 0 radical (unpaired) electrons. The summed E-state index contributed by atoms with van der Waals surface area (Å²) in [5.41, 5.74) is 0. The van der Waals surface area contributed by atoms with E-state index in [2.05, 4.69) is 19.2 Å². The van der Waals surface area contributed by atoms with Gasteiger partial charge in [0.15, 0.2) is 0 Å². The molecule has 5 nitrogen and oxygen atoms in total. The van der Waals surface area contributed by atoms with Crippen LogP contribution in [0.3, 0.4) is 0 Å². The molecule has 1 saturated heterocycles. The Balaban J connectivity index is 2.32. The second-order valence-electron chi connectivity index (χ2n) is 5.42. The minimum atomic E-state index is 0.0385. The Morgan fingerprint density at radius 3 is 2.35 bits per heavy atom. The van der Waals surface area contributed by atoms with Crippen LogP contribution < -0.4 is 5.32 Å². The number of carbonyl (C=O) groups excluding carboxylic acids is 2. The summed E-state index contributed by atoms with van der Waals surface area (Å²) < 4.78 is 4.89. The van der Waals surface area contributed by atoms with Gasteiger partial charge in [0, 0.05) is 38.6 Å².